The Hall–Kier alpha value is -3.11. The molecule has 1 aromatic carbocycles. The highest BCUT2D eigenvalue weighted by molar-refractivity contribution is 8.18. The van der Waals surface area contributed by atoms with Gasteiger partial charge in [0.1, 0.15) is 13.1 Å². The Morgan fingerprint density at radius 2 is 1.67 bits per heavy atom. The normalized spacial score (nSPS) is 20.7. The topological polar surface area (TPSA) is 92.2 Å². The molecule has 3 aliphatic heterocycles. The molecule has 0 spiro atoms. The number of benzene rings is 1. The lowest BCUT2D eigenvalue weighted by Crippen LogP contribution is -2.46. The number of likely N-dealkylation sites (tertiary alicyclic amines) is 1. The van der Waals surface area contributed by atoms with Crippen molar-refractivity contribution in [1.82, 2.24) is 19.3 Å². The third-order valence-electron chi connectivity index (χ3n) is 7.08. The Kier molecular flexibility index (Phi) is 7.15. The van der Waals surface area contributed by atoms with Crippen LogP contribution in [-0.2, 0) is 25.7 Å². The van der Waals surface area contributed by atoms with E-state index >= 15 is 0 Å². The second-order valence-electron chi connectivity index (χ2n) is 9.55. The molecule has 4 amide bonds. The summed E-state index contributed by atoms with van der Waals surface area (Å²) >= 11 is 0.839. The van der Waals surface area contributed by atoms with Crippen LogP contribution in [0, 0.1) is 5.92 Å². The quantitative estimate of drug-likeness (QED) is 0.575. The standard InChI is InChI=1S/C26H30N4O5S/c1-18-6-8-27(9-7-18)23(31)16-29-15-19(20-4-2-3-5-21(20)29)14-22-25(33)30(26(34)36-22)17-24(32)28-10-12-35-13-11-28/h2-5,14-15,18H,6-13,16-17H2,1H3/b22-14-. The smallest absolute Gasteiger partial charge is 0.294 e. The van der Waals surface area contributed by atoms with Gasteiger partial charge in [-0.3, -0.25) is 24.1 Å². The largest absolute Gasteiger partial charge is 0.378 e. The number of thioether (sulfide) groups is 1. The average molecular weight is 511 g/mol. The van der Waals surface area contributed by atoms with E-state index in [1.807, 2.05) is 39.9 Å². The maximum Gasteiger partial charge on any atom is 0.294 e. The van der Waals surface area contributed by atoms with E-state index < -0.39 is 11.1 Å². The van der Waals surface area contributed by atoms with Gasteiger partial charge in [-0.2, -0.15) is 0 Å². The molecule has 190 valence electrons. The van der Waals surface area contributed by atoms with Gasteiger partial charge in [-0.15, -0.1) is 0 Å². The Bertz CT molecular complexity index is 1220. The maximum atomic E-state index is 13.0. The highest BCUT2D eigenvalue weighted by Gasteiger charge is 2.37. The van der Waals surface area contributed by atoms with Gasteiger partial charge in [0.15, 0.2) is 0 Å². The summed E-state index contributed by atoms with van der Waals surface area (Å²) in [7, 11) is 0. The summed E-state index contributed by atoms with van der Waals surface area (Å²) in [6, 6.07) is 7.72. The molecule has 0 radical (unpaired) electrons. The van der Waals surface area contributed by atoms with E-state index in [-0.39, 0.29) is 29.8 Å². The SMILES string of the molecule is CC1CCN(C(=O)Cn2cc(/C=C3\SC(=O)N(CC(=O)N4CCOCC4)C3=O)c3ccccc32)CC1. The summed E-state index contributed by atoms with van der Waals surface area (Å²) in [5, 5.41) is 0.444. The zero-order chi connectivity index (χ0) is 25.2. The number of hydrogen-bond acceptors (Lipinski definition) is 6. The average Bonchev–Trinajstić information content (AvgIpc) is 3.36. The Labute approximate surface area is 214 Å². The molecule has 0 N–H and O–H groups in total. The first-order valence-electron chi connectivity index (χ1n) is 12.4. The number of morpholine rings is 1. The van der Waals surface area contributed by atoms with Gasteiger partial charge in [-0.05, 0) is 42.7 Å². The predicted molar refractivity (Wildman–Crippen MR) is 137 cm³/mol. The molecule has 0 aliphatic carbocycles. The van der Waals surface area contributed by atoms with Crippen LogP contribution in [0.15, 0.2) is 35.4 Å². The van der Waals surface area contributed by atoms with Crippen LogP contribution in [0.4, 0.5) is 4.79 Å². The maximum absolute atomic E-state index is 13.0. The number of imide groups is 1. The van der Waals surface area contributed by atoms with Gasteiger partial charge in [0.2, 0.25) is 11.8 Å². The zero-order valence-electron chi connectivity index (χ0n) is 20.4. The van der Waals surface area contributed by atoms with Gasteiger partial charge < -0.3 is 19.1 Å². The van der Waals surface area contributed by atoms with Crippen LogP contribution in [0.2, 0.25) is 0 Å². The summed E-state index contributed by atoms with van der Waals surface area (Å²) in [6.45, 7) is 5.55. The summed E-state index contributed by atoms with van der Waals surface area (Å²) in [4.78, 5) is 56.0. The van der Waals surface area contributed by atoms with Crippen LogP contribution >= 0.6 is 11.8 Å². The number of amides is 4. The predicted octanol–water partition coefficient (Wildman–Crippen LogP) is 2.79. The molecule has 0 unspecified atom stereocenters. The van der Waals surface area contributed by atoms with Crippen LogP contribution in [0.25, 0.3) is 17.0 Å². The molecule has 3 saturated heterocycles. The van der Waals surface area contributed by atoms with Crippen molar-refractivity contribution in [2.24, 2.45) is 5.92 Å². The van der Waals surface area contributed by atoms with Crippen LogP contribution in [0.5, 0.6) is 0 Å². The minimum Gasteiger partial charge on any atom is -0.378 e. The lowest BCUT2D eigenvalue weighted by Gasteiger charge is -2.30. The number of aromatic nitrogens is 1. The van der Waals surface area contributed by atoms with E-state index in [0.717, 1.165) is 59.1 Å². The number of nitrogens with zero attached hydrogens (tertiary/aromatic N) is 4. The first-order chi connectivity index (χ1) is 17.4. The third kappa shape index (κ3) is 5.05. The minimum absolute atomic E-state index is 0.0798. The van der Waals surface area contributed by atoms with E-state index in [9.17, 15) is 19.2 Å². The first-order valence-corrected chi connectivity index (χ1v) is 13.2. The van der Waals surface area contributed by atoms with Crippen molar-refractivity contribution in [3.8, 4) is 0 Å². The third-order valence-corrected chi connectivity index (χ3v) is 7.99. The molecule has 0 saturated carbocycles. The number of piperidine rings is 1. The Morgan fingerprint density at radius 1 is 1.00 bits per heavy atom. The number of fused-ring (bicyclic) bond motifs is 1. The number of carbonyl (C=O) groups is 4. The highest BCUT2D eigenvalue weighted by atomic mass is 32.2. The van der Waals surface area contributed by atoms with E-state index in [2.05, 4.69) is 6.92 Å². The fraction of sp³-hybridized carbons (Fsp3) is 0.462. The van der Waals surface area contributed by atoms with Gasteiger partial charge in [0, 0.05) is 48.8 Å². The van der Waals surface area contributed by atoms with Crippen molar-refractivity contribution >= 4 is 51.7 Å². The first kappa shape index (κ1) is 24.6. The lowest BCUT2D eigenvalue weighted by atomic mass is 9.99. The molecule has 4 heterocycles. The molecule has 5 rings (SSSR count). The monoisotopic (exact) mass is 510 g/mol. The molecular weight excluding hydrogens is 480 g/mol. The fourth-order valence-electron chi connectivity index (χ4n) is 4.85. The van der Waals surface area contributed by atoms with Crippen LogP contribution < -0.4 is 0 Å². The molecule has 3 fully saturated rings. The van der Waals surface area contributed by atoms with E-state index in [0.29, 0.717) is 32.2 Å². The number of carbonyl (C=O) groups excluding carboxylic acids is 4. The Morgan fingerprint density at radius 3 is 2.42 bits per heavy atom. The lowest BCUT2D eigenvalue weighted by molar-refractivity contribution is -0.139. The molecule has 9 nitrogen and oxygen atoms in total. The van der Waals surface area contributed by atoms with Crippen molar-refractivity contribution in [3.05, 3.63) is 40.9 Å². The number of hydrogen-bond donors (Lipinski definition) is 0. The van der Waals surface area contributed by atoms with Crippen molar-refractivity contribution in [2.45, 2.75) is 26.3 Å². The minimum atomic E-state index is -0.470. The van der Waals surface area contributed by atoms with Crippen LogP contribution in [0.3, 0.4) is 0 Å². The van der Waals surface area contributed by atoms with Gasteiger partial charge in [-0.1, -0.05) is 25.1 Å². The molecule has 1 aromatic heterocycles. The molecule has 3 aliphatic rings. The molecule has 0 bridgehead atoms. The summed E-state index contributed by atoms with van der Waals surface area (Å²) in [5.74, 6) is -0.00486. The number of para-hydroxylation sites is 1. The summed E-state index contributed by atoms with van der Waals surface area (Å²) < 4.78 is 7.18. The van der Waals surface area contributed by atoms with E-state index in [1.54, 1.807) is 11.0 Å². The van der Waals surface area contributed by atoms with Gasteiger partial charge in [-0.25, -0.2) is 0 Å². The fourth-order valence-corrected chi connectivity index (χ4v) is 5.68. The van der Waals surface area contributed by atoms with Crippen molar-refractivity contribution in [3.63, 3.8) is 0 Å². The molecular formula is C26H30N4O5S. The van der Waals surface area contributed by atoms with E-state index in [4.69, 9.17) is 4.74 Å². The zero-order valence-corrected chi connectivity index (χ0v) is 21.2. The van der Waals surface area contributed by atoms with E-state index in [1.165, 1.54) is 0 Å². The van der Waals surface area contributed by atoms with Crippen molar-refractivity contribution < 1.29 is 23.9 Å². The molecule has 10 heteroatoms. The molecule has 2 aromatic rings. The second kappa shape index (κ2) is 10.5. The molecule has 36 heavy (non-hydrogen) atoms. The number of ether oxygens (including phenoxy) is 1. The summed E-state index contributed by atoms with van der Waals surface area (Å²) in [6.07, 6.45) is 5.60. The van der Waals surface area contributed by atoms with Gasteiger partial charge in [0.25, 0.3) is 11.1 Å². The number of rotatable bonds is 5. The second-order valence-corrected chi connectivity index (χ2v) is 10.5. The van der Waals surface area contributed by atoms with Crippen molar-refractivity contribution in [2.75, 3.05) is 45.9 Å². The van der Waals surface area contributed by atoms with Gasteiger partial charge in [0.05, 0.1) is 18.1 Å². The summed E-state index contributed by atoms with van der Waals surface area (Å²) in [5.41, 5.74) is 1.65. The highest BCUT2D eigenvalue weighted by Crippen LogP contribution is 2.34. The van der Waals surface area contributed by atoms with Crippen LogP contribution in [-0.4, -0.2) is 88.2 Å². The Balaban J connectivity index is 1.34. The molecule has 0 atom stereocenters. The van der Waals surface area contributed by atoms with Gasteiger partial charge >= 0.3 is 0 Å². The van der Waals surface area contributed by atoms with Crippen LogP contribution in [0.1, 0.15) is 25.3 Å². The van der Waals surface area contributed by atoms with Crippen molar-refractivity contribution in [1.29, 1.82) is 0 Å².